The Morgan fingerprint density at radius 2 is 1.31 bits per heavy atom. The lowest BCUT2D eigenvalue weighted by Gasteiger charge is -2.17. The van der Waals surface area contributed by atoms with E-state index in [1.807, 2.05) is 16.8 Å². The highest BCUT2D eigenvalue weighted by atomic mass is 28.3. The molecule has 0 saturated carbocycles. The molecule has 5 aromatic rings. The summed E-state index contributed by atoms with van der Waals surface area (Å²) in [5.74, 6) is 2.13. The number of fused-ring (bicyclic) bond motifs is 2. The van der Waals surface area contributed by atoms with E-state index in [4.69, 9.17) is 33.8 Å². The average Bonchev–Trinajstić information content (AvgIpc) is 3.61. The third-order valence-corrected chi connectivity index (χ3v) is 14.3. The molecule has 0 atom stereocenters. The highest BCUT2D eigenvalue weighted by Crippen LogP contribution is 2.38. The number of benzene rings is 3. The van der Waals surface area contributed by atoms with Gasteiger partial charge in [0.2, 0.25) is 0 Å². The smallest absolute Gasteiger partial charge is 0.189 e. The van der Waals surface area contributed by atoms with E-state index < -0.39 is 24.2 Å². The van der Waals surface area contributed by atoms with Crippen molar-refractivity contribution >= 4 is 46.2 Å². The van der Waals surface area contributed by atoms with Crippen LogP contribution in [0.4, 0.5) is 0 Å². The third-order valence-electron chi connectivity index (χ3n) is 9.16. The molecule has 0 saturated heterocycles. The van der Waals surface area contributed by atoms with Gasteiger partial charge in [-0.2, -0.15) is 5.10 Å². The summed E-state index contributed by atoms with van der Waals surface area (Å²) in [5, 5.41) is 6.21. The summed E-state index contributed by atoms with van der Waals surface area (Å²) in [6.45, 7) is 26.5. The van der Waals surface area contributed by atoms with Gasteiger partial charge in [0.15, 0.2) is 24.1 Å². The molecule has 0 unspecified atom stereocenters. The SMILES string of the molecule is COc1cc(-c2ccc3c(-c4nc5ccccc5n4COCC[Si](C)(C)C)nn(COCC[Si](C)(C)C)c3c2)c(C)cc1OCOCC[Si](C)(C)C. The summed E-state index contributed by atoms with van der Waals surface area (Å²) in [5.41, 5.74) is 6.93. The van der Waals surface area contributed by atoms with Crippen LogP contribution < -0.4 is 9.47 Å². The number of methoxy groups -OCH3 is 1. The molecule has 9 nitrogen and oxygen atoms in total. The van der Waals surface area contributed by atoms with Gasteiger partial charge in [-0.1, -0.05) is 77.1 Å². The molecule has 3 aromatic carbocycles. The number of imidazole rings is 1. The third kappa shape index (κ3) is 10.7. The summed E-state index contributed by atoms with van der Waals surface area (Å²) < 4.78 is 34.4. The Hall–Kier alpha value is -3.27. The Morgan fingerprint density at radius 3 is 1.96 bits per heavy atom. The van der Waals surface area contributed by atoms with Crippen molar-refractivity contribution in [2.75, 3.05) is 33.7 Å². The van der Waals surface area contributed by atoms with Gasteiger partial charge in [0.1, 0.15) is 19.2 Å². The second kappa shape index (κ2) is 16.8. The zero-order valence-electron chi connectivity index (χ0n) is 33.4. The van der Waals surface area contributed by atoms with E-state index in [2.05, 4.69) is 113 Å². The van der Waals surface area contributed by atoms with Crippen LogP contribution >= 0.6 is 0 Å². The van der Waals surface area contributed by atoms with Crippen LogP contribution in [0.3, 0.4) is 0 Å². The molecular formula is C40H60N4O5Si3. The van der Waals surface area contributed by atoms with Crippen LogP contribution in [0.2, 0.25) is 77.1 Å². The maximum atomic E-state index is 6.30. The van der Waals surface area contributed by atoms with Gasteiger partial charge in [-0.15, -0.1) is 0 Å². The summed E-state index contributed by atoms with van der Waals surface area (Å²) in [7, 11) is -1.97. The predicted molar refractivity (Wildman–Crippen MR) is 223 cm³/mol. The molecule has 0 aliphatic heterocycles. The van der Waals surface area contributed by atoms with Crippen LogP contribution in [-0.4, -0.2) is 77.3 Å². The zero-order valence-corrected chi connectivity index (χ0v) is 36.4. The molecule has 0 fully saturated rings. The Labute approximate surface area is 313 Å². The second-order valence-electron chi connectivity index (χ2n) is 17.4. The topological polar surface area (TPSA) is 81.8 Å². The highest BCUT2D eigenvalue weighted by molar-refractivity contribution is 6.76. The summed E-state index contributed by atoms with van der Waals surface area (Å²) >= 11 is 0. The number of rotatable bonds is 19. The number of aromatic nitrogens is 4. The van der Waals surface area contributed by atoms with Crippen molar-refractivity contribution in [1.29, 1.82) is 0 Å². The van der Waals surface area contributed by atoms with Gasteiger partial charge >= 0.3 is 0 Å². The number of nitrogens with zero attached hydrogens (tertiary/aromatic N) is 4. The van der Waals surface area contributed by atoms with Crippen molar-refractivity contribution in [3.05, 3.63) is 60.2 Å². The average molecular weight is 761 g/mol. The fourth-order valence-corrected chi connectivity index (χ4v) is 8.11. The van der Waals surface area contributed by atoms with Crippen molar-refractivity contribution in [2.24, 2.45) is 0 Å². The molecule has 2 aromatic heterocycles. The quantitative estimate of drug-likeness (QED) is 0.0471. The van der Waals surface area contributed by atoms with Crippen molar-refractivity contribution in [2.45, 2.75) is 97.4 Å². The first kappa shape index (κ1) is 39.9. The minimum atomic E-state index is -1.25. The number of para-hydroxylation sites is 2. The van der Waals surface area contributed by atoms with Crippen molar-refractivity contribution in [3.8, 4) is 34.1 Å². The lowest BCUT2D eigenvalue weighted by Crippen LogP contribution is -2.22. The molecule has 282 valence electrons. The summed E-state index contributed by atoms with van der Waals surface area (Å²) in [4.78, 5) is 5.12. The van der Waals surface area contributed by atoms with Gasteiger partial charge < -0.3 is 23.7 Å². The predicted octanol–water partition coefficient (Wildman–Crippen LogP) is 10.4. The lowest BCUT2D eigenvalue weighted by atomic mass is 9.98. The lowest BCUT2D eigenvalue weighted by molar-refractivity contribution is 0.0205. The fraction of sp³-hybridized carbons (Fsp3) is 0.500. The summed E-state index contributed by atoms with van der Waals surface area (Å²) in [6, 6.07) is 22.1. The van der Waals surface area contributed by atoms with Crippen molar-refractivity contribution in [3.63, 3.8) is 0 Å². The molecule has 2 heterocycles. The summed E-state index contributed by atoms with van der Waals surface area (Å²) in [6.07, 6.45) is 0. The monoisotopic (exact) mass is 760 g/mol. The molecule has 0 aliphatic carbocycles. The first-order valence-electron chi connectivity index (χ1n) is 18.5. The molecule has 52 heavy (non-hydrogen) atoms. The van der Waals surface area contributed by atoms with Gasteiger partial charge in [-0.25, -0.2) is 9.67 Å². The van der Waals surface area contributed by atoms with E-state index in [0.29, 0.717) is 38.2 Å². The van der Waals surface area contributed by atoms with Crippen molar-refractivity contribution < 1.29 is 23.7 Å². The molecule has 0 radical (unpaired) electrons. The van der Waals surface area contributed by atoms with Gasteiger partial charge in [0.05, 0.1) is 23.7 Å². The largest absolute Gasteiger partial charge is 0.493 e. The standard InChI is InChI=1S/C40H60N4O5Si3/c1-30-24-38(49-29-48-20-23-52(9,10)11)37(45-2)26-33(30)31-16-17-32-36(25-31)44(28-47-19-22-51(6,7)8)42-39(32)40-41-34-14-12-13-15-35(34)43(40)27-46-18-21-50(3,4)5/h12-17,24-26H,18-23,27-29H2,1-11H3. The van der Waals surface area contributed by atoms with E-state index in [9.17, 15) is 0 Å². The van der Waals surface area contributed by atoms with E-state index >= 15 is 0 Å². The zero-order chi connectivity index (χ0) is 37.7. The number of ether oxygens (including phenoxy) is 5. The van der Waals surface area contributed by atoms with Crippen LogP contribution in [-0.2, 0) is 27.7 Å². The van der Waals surface area contributed by atoms with Gasteiger partial charge in [0.25, 0.3) is 0 Å². The molecule has 0 aliphatic rings. The van der Waals surface area contributed by atoms with Gasteiger partial charge in [0, 0.05) is 49.4 Å². The minimum Gasteiger partial charge on any atom is -0.493 e. The number of hydrogen-bond donors (Lipinski definition) is 0. The molecule has 0 bridgehead atoms. The van der Waals surface area contributed by atoms with Crippen molar-refractivity contribution in [1.82, 2.24) is 19.3 Å². The second-order valence-corrected chi connectivity index (χ2v) is 34.3. The first-order chi connectivity index (χ1) is 24.5. The highest BCUT2D eigenvalue weighted by Gasteiger charge is 2.22. The van der Waals surface area contributed by atoms with E-state index in [1.54, 1.807) is 7.11 Å². The van der Waals surface area contributed by atoms with E-state index in [0.717, 1.165) is 74.9 Å². The molecular weight excluding hydrogens is 701 g/mol. The molecule has 0 amide bonds. The van der Waals surface area contributed by atoms with Gasteiger partial charge in [-0.3, -0.25) is 4.57 Å². The number of aryl methyl sites for hydroxylation is 1. The maximum absolute atomic E-state index is 6.30. The molecule has 5 rings (SSSR count). The Kier molecular flexibility index (Phi) is 12.9. The molecule has 0 spiro atoms. The molecule has 12 heteroatoms. The minimum absolute atomic E-state index is 0.194. The Balaban J connectivity index is 1.51. The van der Waals surface area contributed by atoms with Gasteiger partial charge in [-0.05, 0) is 78.1 Å². The first-order valence-corrected chi connectivity index (χ1v) is 29.7. The Morgan fingerprint density at radius 1 is 0.673 bits per heavy atom. The van der Waals surface area contributed by atoms with E-state index in [-0.39, 0.29) is 6.79 Å². The van der Waals surface area contributed by atoms with Crippen LogP contribution in [0.15, 0.2) is 54.6 Å². The maximum Gasteiger partial charge on any atom is 0.189 e. The number of hydrogen-bond acceptors (Lipinski definition) is 7. The molecule has 0 N–H and O–H groups in total. The van der Waals surface area contributed by atoms with Crippen LogP contribution in [0, 0.1) is 6.92 Å². The van der Waals surface area contributed by atoms with Crippen LogP contribution in [0.5, 0.6) is 11.5 Å². The van der Waals surface area contributed by atoms with Crippen LogP contribution in [0.25, 0.3) is 44.6 Å². The Bertz CT molecular complexity index is 1950. The van der Waals surface area contributed by atoms with E-state index in [1.165, 1.54) is 0 Å². The normalized spacial score (nSPS) is 12.7. The fourth-order valence-electron chi connectivity index (χ4n) is 5.84. The van der Waals surface area contributed by atoms with Crippen LogP contribution in [0.1, 0.15) is 5.56 Å².